The molecule has 2 nitrogen and oxygen atoms in total. The van der Waals surface area contributed by atoms with Crippen molar-refractivity contribution >= 4 is 27.5 Å². The summed E-state index contributed by atoms with van der Waals surface area (Å²) in [6, 6.07) is 7.41. The summed E-state index contributed by atoms with van der Waals surface area (Å²) in [7, 11) is 0. The Labute approximate surface area is 91.8 Å². The molecule has 0 aliphatic carbocycles. The standard InChI is InChI=1S/C11H10BrNO/c1-2-3-4-11(14)13-10-7-5-9(12)6-8-10/h1,5-8H,3-4H2,(H,13,14). The number of nitrogens with one attached hydrogen (secondary N) is 1. The molecule has 72 valence electrons. The second kappa shape index (κ2) is 5.46. The van der Waals surface area contributed by atoms with Crippen LogP contribution in [0.15, 0.2) is 28.7 Å². The van der Waals surface area contributed by atoms with Gasteiger partial charge in [0.05, 0.1) is 0 Å². The van der Waals surface area contributed by atoms with E-state index in [2.05, 4.69) is 27.2 Å². The van der Waals surface area contributed by atoms with Crippen molar-refractivity contribution in [3.63, 3.8) is 0 Å². The molecule has 0 aliphatic heterocycles. The molecule has 0 heterocycles. The third kappa shape index (κ3) is 3.63. The quantitative estimate of drug-likeness (QED) is 0.823. The van der Waals surface area contributed by atoms with Gasteiger partial charge in [0.25, 0.3) is 0 Å². The van der Waals surface area contributed by atoms with Crippen LogP contribution in [-0.2, 0) is 4.79 Å². The van der Waals surface area contributed by atoms with Crippen molar-refractivity contribution in [2.75, 3.05) is 5.32 Å². The molecule has 0 bridgehead atoms. The molecule has 14 heavy (non-hydrogen) atoms. The molecule has 0 aliphatic rings. The normalized spacial score (nSPS) is 9.14. The van der Waals surface area contributed by atoms with Gasteiger partial charge in [-0.1, -0.05) is 15.9 Å². The van der Waals surface area contributed by atoms with Crippen molar-refractivity contribution in [1.82, 2.24) is 0 Å². The molecule has 3 heteroatoms. The van der Waals surface area contributed by atoms with Gasteiger partial charge in [0.15, 0.2) is 0 Å². The molecule has 0 aromatic heterocycles. The fourth-order valence-corrected chi connectivity index (χ4v) is 1.21. The summed E-state index contributed by atoms with van der Waals surface area (Å²) in [5, 5.41) is 2.75. The minimum atomic E-state index is -0.0507. The number of benzene rings is 1. The Bertz CT molecular complexity index is 351. The van der Waals surface area contributed by atoms with E-state index >= 15 is 0 Å². The lowest BCUT2D eigenvalue weighted by Crippen LogP contribution is -2.10. The first-order valence-electron chi connectivity index (χ1n) is 4.21. The van der Waals surface area contributed by atoms with Crippen LogP contribution in [0.25, 0.3) is 0 Å². The predicted octanol–water partition coefficient (Wildman–Crippen LogP) is 2.80. The van der Waals surface area contributed by atoms with Crippen molar-refractivity contribution in [2.24, 2.45) is 0 Å². The Morgan fingerprint density at radius 2 is 2.07 bits per heavy atom. The number of hydrogen-bond donors (Lipinski definition) is 1. The molecular formula is C11H10BrNO. The lowest BCUT2D eigenvalue weighted by atomic mass is 10.3. The topological polar surface area (TPSA) is 29.1 Å². The van der Waals surface area contributed by atoms with Crippen molar-refractivity contribution in [3.05, 3.63) is 28.7 Å². The summed E-state index contributed by atoms with van der Waals surface area (Å²) in [5.41, 5.74) is 0.787. The SMILES string of the molecule is C#CCCC(=O)Nc1ccc(Br)cc1. The van der Waals surface area contributed by atoms with Gasteiger partial charge in [0.1, 0.15) is 0 Å². The van der Waals surface area contributed by atoms with E-state index in [0.717, 1.165) is 10.2 Å². The van der Waals surface area contributed by atoms with E-state index < -0.39 is 0 Å². The van der Waals surface area contributed by atoms with Crippen LogP contribution in [0.5, 0.6) is 0 Å². The summed E-state index contributed by atoms with van der Waals surface area (Å²) in [5.74, 6) is 2.37. The first-order chi connectivity index (χ1) is 6.72. The number of rotatable bonds is 3. The van der Waals surface area contributed by atoms with Crippen molar-refractivity contribution in [3.8, 4) is 12.3 Å². The summed E-state index contributed by atoms with van der Waals surface area (Å²) in [6.07, 6.45) is 5.90. The van der Waals surface area contributed by atoms with E-state index in [1.165, 1.54) is 0 Å². The average Bonchev–Trinajstić information content (AvgIpc) is 2.18. The van der Waals surface area contributed by atoms with E-state index in [4.69, 9.17) is 6.42 Å². The minimum Gasteiger partial charge on any atom is -0.326 e. The molecule has 1 rings (SSSR count). The van der Waals surface area contributed by atoms with Crippen LogP contribution in [0.1, 0.15) is 12.8 Å². The van der Waals surface area contributed by atoms with Crippen LogP contribution >= 0.6 is 15.9 Å². The second-order valence-electron chi connectivity index (χ2n) is 2.76. The molecule has 1 N–H and O–H groups in total. The Morgan fingerprint density at radius 1 is 1.43 bits per heavy atom. The van der Waals surface area contributed by atoms with Crippen LogP contribution < -0.4 is 5.32 Å². The maximum atomic E-state index is 11.2. The van der Waals surface area contributed by atoms with Crippen LogP contribution in [0.3, 0.4) is 0 Å². The van der Waals surface area contributed by atoms with Gasteiger partial charge in [-0.15, -0.1) is 12.3 Å². The first kappa shape index (κ1) is 10.8. The predicted molar refractivity (Wildman–Crippen MR) is 60.8 cm³/mol. The lowest BCUT2D eigenvalue weighted by molar-refractivity contribution is -0.116. The maximum Gasteiger partial charge on any atom is 0.225 e. The largest absolute Gasteiger partial charge is 0.326 e. The Morgan fingerprint density at radius 3 is 2.64 bits per heavy atom. The Hall–Kier alpha value is -1.27. The van der Waals surface area contributed by atoms with Crippen molar-refractivity contribution < 1.29 is 4.79 Å². The zero-order valence-corrected chi connectivity index (χ0v) is 9.17. The summed E-state index contributed by atoms with van der Waals surface area (Å²) >= 11 is 3.31. The van der Waals surface area contributed by atoms with E-state index in [1.807, 2.05) is 24.3 Å². The average molecular weight is 252 g/mol. The van der Waals surface area contributed by atoms with E-state index in [-0.39, 0.29) is 5.91 Å². The van der Waals surface area contributed by atoms with E-state index in [1.54, 1.807) is 0 Å². The van der Waals surface area contributed by atoms with Gasteiger partial charge < -0.3 is 5.32 Å². The van der Waals surface area contributed by atoms with Gasteiger partial charge in [-0.3, -0.25) is 4.79 Å². The van der Waals surface area contributed by atoms with Gasteiger partial charge in [0, 0.05) is 23.0 Å². The van der Waals surface area contributed by atoms with Crippen LogP contribution in [0, 0.1) is 12.3 Å². The fraction of sp³-hybridized carbons (Fsp3) is 0.182. The molecule has 0 unspecified atom stereocenters. The number of carbonyl (C=O) groups is 1. The van der Waals surface area contributed by atoms with Crippen LogP contribution in [0.2, 0.25) is 0 Å². The van der Waals surface area contributed by atoms with Crippen LogP contribution in [-0.4, -0.2) is 5.91 Å². The summed E-state index contributed by atoms with van der Waals surface area (Å²) in [6.45, 7) is 0. The van der Waals surface area contributed by atoms with Crippen molar-refractivity contribution in [2.45, 2.75) is 12.8 Å². The summed E-state index contributed by atoms with van der Waals surface area (Å²) < 4.78 is 0.985. The number of terminal acetylenes is 1. The first-order valence-corrected chi connectivity index (χ1v) is 5.00. The molecule has 0 atom stereocenters. The molecule has 1 aromatic carbocycles. The smallest absolute Gasteiger partial charge is 0.225 e. The Balaban J connectivity index is 2.49. The monoisotopic (exact) mass is 251 g/mol. The highest BCUT2D eigenvalue weighted by Gasteiger charge is 2.00. The molecule has 0 spiro atoms. The minimum absolute atomic E-state index is 0.0507. The van der Waals surface area contributed by atoms with Crippen LogP contribution in [0.4, 0.5) is 5.69 Å². The number of amides is 1. The Kier molecular flexibility index (Phi) is 4.21. The second-order valence-corrected chi connectivity index (χ2v) is 3.67. The molecule has 0 radical (unpaired) electrons. The van der Waals surface area contributed by atoms with Crippen molar-refractivity contribution in [1.29, 1.82) is 0 Å². The highest BCUT2D eigenvalue weighted by molar-refractivity contribution is 9.10. The number of halogens is 1. The number of anilines is 1. The van der Waals surface area contributed by atoms with E-state index in [9.17, 15) is 4.79 Å². The number of hydrogen-bond acceptors (Lipinski definition) is 1. The summed E-state index contributed by atoms with van der Waals surface area (Å²) in [4.78, 5) is 11.2. The molecule has 1 aromatic rings. The highest BCUT2D eigenvalue weighted by Crippen LogP contribution is 2.14. The third-order valence-electron chi connectivity index (χ3n) is 1.62. The fourth-order valence-electron chi connectivity index (χ4n) is 0.942. The third-order valence-corrected chi connectivity index (χ3v) is 2.15. The molecule has 0 fully saturated rings. The molecule has 0 saturated carbocycles. The number of carbonyl (C=O) groups excluding carboxylic acids is 1. The highest BCUT2D eigenvalue weighted by atomic mass is 79.9. The molecule has 1 amide bonds. The van der Waals surface area contributed by atoms with E-state index in [0.29, 0.717) is 12.8 Å². The molecular weight excluding hydrogens is 242 g/mol. The van der Waals surface area contributed by atoms with Gasteiger partial charge in [-0.2, -0.15) is 0 Å². The maximum absolute atomic E-state index is 11.2. The van der Waals surface area contributed by atoms with Gasteiger partial charge in [-0.05, 0) is 24.3 Å². The van der Waals surface area contributed by atoms with Gasteiger partial charge in [0.2, 0.25) is 5.91 Å². The van der Waals surface area contributed by atoms with Gasteiger partial charge in [-0.25, -0.2) is 0 Å². The van der Waals surface area contributed by atoms with Gasteiger partial charge >= 0.3 is 0 Å². The zero-order chi connectivity index (χ0) is 10.4. The molecule has 0 saturated heterocycles. The lowest BCUT2D eigenvalue weighted by Gasteiger charge is -2.03. The zero-order valence-electron chi connectivity index (χ0n) is 7.59.